The smallest absolute Gasteiger partial charge is 0.165 e. The Balaban J connectivity index is 2.01. The monoisotopic (exact) mass is 267 g/mol. The highest BCUT2D eigenvalue weighted by Crippen LogP contribution is 2.27. The van der Waals surface area contributed by atoms with E-state index in [0.717, 1.165) is 25.1 Å². The van der Waals surface area contributed by atoms with Crippen molar-refractivity contribution in [3.8, 4) is 5.75 Å². The Morgan fingerprint density at radius 3 is 2.74 bits per heavy atom. The molecule has 4 heteroatoms. The first kappa shape index (κ1) is 14.3. The molecule has 1 aliphatic rings. The van der Waals surface area contributed by atoms with Crippen LogP contribution in [0.25, 0.3) is 0 Å². The molecule has 1 aromatic carbocycles. The van der Waals surface area contributed by atoms with Crippen LogP contribution in [0.2, 0.25) is 0 Å². The zero-order valence-electron chi connectivity index (χ0n) is 11.4. The van der Waals surface area contributed by atoms with Gasteiger partial charge in [0.05, 0.1) is 7.11 Å². The van der Waals surface area contributed by atoms with Gasteiger partial charge in [0.15, 0.2) is 11.6 Å². The molecule has 0 radical (unpaired) electrons. The molecule has 0 spiro atoms. The molecule has 2 rings (SSSR count). The third kappa shape index (κ3) is 3.67. The van der Waals surface area contributed by atoms with Crippen LogP contribution in [0.15, 0.2) is 18.2 Å². The van der Waals surface area contributed by atoms with E-state index in [1.807, 2.05) is 6.07 Å². The number of methoxy groups -OCH3 is 1. The lowest BCUT2D eigenvalue weighted by molar-refractivity contribution is 0.109. The number of hydrogen-bond donors (Lipinski definition) is 1. The Morgan fingerprint density at radius 1 is 1.42 bits per heavy atom. The minimum Gasteiger partial charge on any atom is -0.494 e. The summed E-state index contributed by atoms with van der Waals surface area (Å²) in [5, 5.41) is 8.96. The Morgan fingerprint density at radius 2 is 2.21 bits per heavy atom. The number of rotatable bonds is 7. The highest BCUT2D eigenvalue weighted by molar-refractivity contribution is 5.29. The Kier molecular flexibility index (Phi) is 5.16. The van der Waals surface area contributed by atoms with Crippen LogP contribution in [0.1, 0.15) is 31.2 Å². The van der Waals surface area contributed by atoms with Gasteiger partial charge in [0.25, 0.3) is 0 Å². The van der Waals surface area contributed by atoms with Crippen molar-refractivity contribution in [3.63, 3.8) is 0 Å². The lowest BCUT2D eigenvalue weighted by Crippen LogP contribution is -2.40. The second-order valence-corrected chi connectivity index (χ2v) is 5.10. The quantitative estimate of drug-likeness (QED) is 0.824. The van der Waals surface area contributed by atoms with E-state index in [4.69, 9.17) is 9.84 Å². The summed E-state index contributed by atoms with van der Waals surface area (Å²) in [5.41, 5.74) is 0.961. The van der Waals surface area contributed by atoms with Crippen LogP contribution in [0.5, 0.6) is 5.75 Å². The molecule has 3 nitrogen and oxygen atoms in total. The summed E-state index contributed by atoms with van der Waals surface area (Å²) in [6, 6.07) is 5.72. The van der Waals surface area contributed by atoms with Gasteiger partial charge in [-0.15, -0.1) is 0 Å². The number of hydrogen-bond acceptors (Lipinski definition) is 3. The molecule has 0 aromatic heterocycles. The van der Waals surface area contributed by atoms with Crippen LogP contribution in [-0.2, 0) is 6.54 Å². The van der Waals surface area contributed by atoms with Gasteiger partial charge in [-0.05, 0) is 37.0 Å². The van der Waals surface area contributed by atoms with Gasteiger partial charge in [0, 0.05) is 25.7 Å². The topological polar surface area (TPSA) is 32.7 Å². The lowest BCUT2D eigenvalue weighted by atomic mass is 9.91. The number of nitrogens with zero attached hydrogens (tertiary/aromatic N) is 1. The highest BCUT2D eigenvalue weighted by Gasteiger charge is 2.24. The molecule has 0 unspecified atom stereocenters. The molecule has 106 valence electrons. The van der Waals surface area contributed by atoms with Gasteiger partial charge in [-0.2, -0.15) is 0 Å². The summed E-state index contributed by atoms with van der Waals surface area (Å²) in [4.78, 5) is 2.35. The molecule has 1 saturated carbocycles. The van der Waals surface area contributed by atoms with Crippen LogP contribution in [0.4, 0.5) is 4.39 Å². The maximum absolute atomic E-state index is 13.7. The molecule has 1 aromatic rings. The van der Waals surface area contributed by atoms with Crippen LogP contribution in [-0.4, -0.2) is 36.3 Å². The summed E-state index contributed by atoms with van der Waals surface area (Å²) in [7, 11) is 1.47. The predicted octanol–water partition coefficient (Wildman–Crippen LogP) is 2.57. The maximum atomic E-state index is 13.7. The Hall–Kier alpha value is -1.13. The number of aliphatic hydroxyl groups excluding tert-OH is 1. The average molecular weight is 267 g/mol. The van der Waals surface area contributed by atoms with E-state index in [1.54, 1.807) is 12.1 Å². The second-order valence-electron chi connectivity index (χ2n) is 5.10. The second kappa shape index (κ2) is 6.87. The fraction of sp³-hybridized carbons (Fsp3) is 0.600. The van der Waals surface area contributed by atoms with E-state index in [2.05, 4.69) is 4.90 Å². The van der Waals surface area contributed by atoms with Gasteiger partial charge in [-0.25, -0.2) is 4.39 Å². The number of benzene rings is 1. The van der Waals surface area contributed by atoms with Crippen molar-refractivity contribution in [2.24, 2.45) is 0 Å². The number of ether oxygens (including phenoxy) is 1. The summed E-state index contributed by atoms with van der Waals surface area (Å²) in [6.07, 6.45) is 4.47. The third-order valence-corrected chi connectivity index (χ3v) is 3.80. The Labute approximate surface area is 114 Å². The van der Waals surface area contributed by atoms with Crippen LogP contribution >= 0.6 is 0 Å². The van der Waals surface area contributed by atoms with Crippen molar-refractivity contribution in [1.29, 1.82) is 0 Å². The first-order valence-corrected chi connectivity index (χ1v) is 6.92. The molecule has 0 saturated heterocycles. The van der Waals surface area contributed by atoms with Gasteiger partial charge in [-0.3, -0.25) is 4.90 Å². The molecular weight excluding hydrogens is 245 g/mol. The first-order chi connectivity index (χ1) is 9.24. The fourth-order valence-electron chi connectivity index (χ4n) is 2.46. The Bertz CT molecular complexity index is 407. The SMILES string of the molecule is COc1ccc(CN(CCCO)C2CCC2)cc1F. The van der Waals surface area contributed by atoms with E-state index in [9.17, 15) is 4.39 Å². The number of halogens is 1. The third-order valence-electron chi connectivity index (χ3n) is 3.80. The summed E-state index contributed by atoms with van der Waals surface area (Å²) in [5.74, 6) is -0.0231. The first-order valence-electron chi connectivity index (χ1n) is 6.92. The molecule has 1 N–H and O–H groups in total. The lowest BCUT2D eigenvalue weighted by Gasteiger charge is -2.37. The largest absolute Gasteiger partial charge is 0.494 e. The van der Waals surface area contributed by atoms with Gasteiger partial charge in [-0.1, -0.05) is 12.5 Å². The fourth-order valence-corrected chi connectivity index (χ4v) is 2.46. The molecule has 0 aliphatic heterocycles. The van der Waals surface area contributed by atoms with Gasteiger partial charge < -0.3 is 9.84 Å². The average Bonchev–Trinajstić information content (AvgIpc) is 2.34. The zero-order chi connectivity index (χ0) is 13.7. The van der Waals surface area contributed by atoms with Crippen LogP contribution in [0, 0.1) is 5.82 Å². The standard InChI is InChI=1S/C15H22FNO2/c1-19-15-7-6-12(10-14(15)16)11-17(8-3-9-18)13-4-2-5-13/h6-7,10,13,18H,2-5,8-9,11H2,1H3. The van der Waals surface area contributed by atoms with E-state index >= 15 is 0 Å². The number of aliphatic hydroxyl groups is 1. The highest BCUT2D eigenvalue weighted by atomic mass is 19.1. The summed E-state index contributed by atoms with van der Waals surface area (Å²) < 4.78 is 18.6. The normalized spacial score (nSPS) is 15.6. The van der Waals surface area contributed by atoms with Crippen molar-refractivity contribution < 1.29 is 14.2 Å². The van der Waals surface area contributed by atoms with E-state index in [0.29, 0.717) is 6.04 Å². The minimum atomic E-state index is -0.310. The zero-order valence-corrected chi connectivity index (χ0v) is 11.4. The van der Waals surface area contributed by atoms with Crippen molar-refractivity contribution in [1.82, 2.24) is 4.90 Å². The molecular formula is C15H22FNO2. The van der Waals surface area contributed by atoms with E-state index in [-0.39, 0.29) is 18.2 Å². The van der Waals surface area contributed by atoms with Crippen molar-refractivity contribution >= 4 is 0 Å². The van der Waals surface area contributed by atoms with Crippen LogP contribution < -0.4 is 4.74 Å². The molecule has 19 heavy (non-hydrogen) atoms. The predicted molar refractivity (Wildman–Crippen MR) is 72.7 cm³/mol. The van der Waals surface area contributed by atoms with Gasteiger partial charge in [0.2, 0.25) is 0 Å². The van der Waals surface area contributed by atoms with Gasteiger partial charge in [0.1, 0.15) is 0 Å². The maximum Gasteiger partial charge on any atom is 0.165 e. The molecule has 0 amide bonds. The molecule has 0 heterocycles. The molecule has 0 atom stereocenters. The van der Waals surface area contributed by atoms with Crippen molar-refractivity contribution in [3.05, 3.63) is 29.6 Å². The molecule has 0 bridgehead atoms. The summed E-state index contributed by atoms with van der Waals surface area (Å²) in [6.45, 7) is 1.82. The van der Waals surface area contributed by atoms with E-state index < -0.39 is 0 Å². The minimum absolute atomic E-state index is 0.209. The summed E-state index contributed by atoms with van der Waals surface area (Å²) >= 11 is 0. The molecule has 1 fully saturated rings. The van der Waals surface area contributed by atoms with E-state index in [1.165, 1.54) is 26.4 Å². The van der Waals surface area contributed by atoms with Crippen LogP contribution in [0.3, 0.4) is 0 Å². The molecule has 1 aliphatic carbocycles. The van der Waals surface area contributed by atoms with Crippen molar-refractivity contribution in [2.45, 2.75) is 38.3 Å². The van der Waals surface area contributed by atoms with Crippen molar-refractivity contribution in [2.75, 3.05) is 20.3 Å². The van der Waals surface area contributed by atoms with Gasteiger partial charge >= 0.3 is 0 Å².